The highest BCUT2D eigenvalue weighted by Gasteiger charge is 2.27. The number of amides is 1. The maximum absolute atomic E-state index is 13.5. The SMILES string of the molecule is Cc1c(Cl)cccc1N(CC(=O)N1CCC(Cc2ccccc2)CC1)c1nc2ccccc2s1. The second kappa shape index (κ2) is 10.2. The van der Waals surface area contributed by atoms with Crippen LogP contribution in [0.3, 0.4) is 0 Å². The van der Waals surface area contributed by atoms with Crippen LogP contribution < -0.4 is 4.90 Å². The number of likely N-dealkylation sites (tertiary alicyclic amines) is 1. The first-order valence-corrected chi connectivity index (χ1v) is 13.0. The van der Waals surface area contributed by atoms with Gasteiger partial charge in [-0.15, -0.1) is 0 Å². The first kappa shape index (κ1) is 22.9. The third-order valence-electron chi connectivity index (χ3n) is 6.67. The van der Waals surface area contributed by atoms with Gasteiger partial charge in [-0.25, -0.2) is 4.98 Å². The number of para-hydroxylation sites is 1. The smallest absolute Gasteiger partial charge is 0.242 e. The zero-order valence-electron chi connectivity index (χ0n) is 19.3. The van der Waals surface area contributed by atoms with Crippen LogP contribution in [-0.2, 0) is 11.2 Å². The summed E-state index contributed by atoms with van der Waals surface area (Å²) in [6, 6.07) is 24.6. The number of aromatic nitrogens is 1. The fraction of sp³-hybridized carbons (Fsp3) is 0.286. The minimum Gasteiger partial charge on any atom is -0.341 e. The van der Waals surface area contributed by atoms with Gasteiger partial charge in [-0.1, -0.05) is 71.5 Å². The molecule has 1 amide bonds. The number of hydrogen-bond acceptors (Lipinski definition) is 4. The molecule has 0 atom stereocenters. The molecule has 1 aromatic heterocycles. The van der Waals surface area contributed by atoms with E-state index in [1.54, 1.807) is 11.3 Å². The largest absolute Gasteiger partial charge is 0.341 e. The molecule has 1 saturated heterocycles. The lowest BCUT2D eigenvalue weighted by Gasteiger charge is -2.34. The highest BCUT2D eigenvalue weighted by molar-refractivity contribution is 7.22. The summed E-state index contributed by atoms with van der Waals surface area (Å²) < 4.78 is 1.11. The Morgan fingerprint density at radius 3 is 2.53 bits per heavy atom. The van der Waals surface area contributed by atoms with Crippen LogP contribution in [-0.4, -0.2) is 35.4 Å². The van der Waals surface area contributed by atoms with Gasteiger partial charge in [0.15, 0.2) is 5.13 Å². The minimum absolute atomic E-state index is 0.136. The molecule has 1 aliphatic heterocycles. The molecule has 0 N–H and O–H groups in total. The molecule has 0 saturated carbocycles. The molecule has 5 rings (SSSR count). The maximum atomic E-state index is 13.5. The fourth-order valence-corrected chi connectivity index (χ4v) is 5.84. The normalized spacial score (nSPS) is 14.5. The number of anilines is 2. The second-order valence-electron chi connectivity index (χ2n) is 8.95. The van der Waals surface area contributed by atoms with E-state index in [0.717, 1.165) is 59.0 Å². The average Bonchev–Trinajstić information content (AvgIpc) is 3.29. The van der Waals surface area contributed by atoms with Crippen LogP contribution >= 0.6 is 22.9 Å². The summed E-state index contributed by atoms with van der Waals surface area (Å²) in [4.78, 5) is 22.4. The van der Waals surface area contributed by atoms with Crippen molar-refractivity contribution in [2.75, 3.05) is 24.5 Å². The van der Waals surface area contributed by atoms with Crippen molar-refractivity contribution in [3.63, 3.8) is 0 Å². The van der Waals surface area contributed by atoms with Gasteiger partial charge in [0, 0.05) is 23.8 Å². The number of thiazole rings is 1. The Kier molecular flexibility index (Phi) is 6.84. The van der Waals surface area contributed by atoms with Crippen molar-refractivity contribution in [1.82, 2.24) is 9.88 Å². The lowest BCUT2D eigenvalue weighted by molar-refractivity contribution is -0.130. The van der Waals surface area contributed by atoms with Crippen molar-refractivity contribution < 1.29 is 4.79 Å². The quantitative estimate of drug-likeness (QED) is 0.296. The van der Waals surface area contributed by atoms with Crippen LogP contribution in [0.4, 0.5) is 10.8 Å². The lowest BCUT2D eigenvalue weighted by atomic mass is 9.90. The predicted molar refractivity (Wildman–Crippen MR) is 142 cm³/mol. The van der Waals surface area contributed by atoms with Crippen LogP contribution in [0.1, 0.15) is 24.0 Å². The second-order valence-corrected chi connectivity index (χ2v) is 10.4. The van der Waals surface area contributed by atoms with E-state index >= 15 is 0 Å². The van der Waals surface area contributed by atoms with Gasteiger partial charge < -0.3 is 9.80 Å². The summed E-state index contributed by atoms with van der Waals surface area (Å²) in [5, 5.41) is 1.51. The van der Waals surface area contributed by atoms with Gasteiger partial charge in [-0.05, 0) is 67.5 Å². The summed E-state index contributed by atoms with van der Waals surface area (Å²) in [7, 11) is 0. The van der Waals surface area contributed by atoms with Gasteiger partial charge in [-0.3, -0.25) is 4.79 Å². The van der Waals surface area contributed by atoms with Crippen molar-refractivity contribution >= 4 is 49.9 Å². The van der Waals surface area contributed by atoms with Crippen molar-refractivity contribution in [3.8, 4) is 0 Å². The number of carbonyl (C=O) groups excluding carboxylic acids is 1. The third kappa shape index (κ3) is 4.96. The number of hydrogen-bond donors (Lipinski definition) is 0. The number of carbonyl (C=O) groups is 1. The van der Waals surface area contributed by atoms with E-state index < -0.39 is 0 Å². The van der Waals surface area contributed by atoms with Gasteiger partial charge in [0.05, 0.1) is 10.2 Å². The molecule has 0 bridgehead atoms. The van der Waals surface area contributed by atoms with Gasteiger partial charge in [-0.2, -0.15) is 0 Å². The number of halogens is 1. The molecule has 34 heavy (non-hydrogen) atoms. The predicted octanol–water partition coefficient (Wildman–Crippen LogP) is 6.88. The van der Waals surface area contributed by atoms with Crippen LogP contribution in [0, 0.1) is 12.8 Å². The number of nitrogens with zero attached hydrogens (tertiary/aromatic N) is 3. The molecule has 1 fully saturated rings. The average molecular weight is 490 g/mol. The molecule has 0 aliphatic carbocycles. The van der Waals surface area contributed by atoms with Crippen LogP contribution in [0.2, 0.25) is 5.02 Å². The molecular weight excluding hydrogens is 462 g/mol. The summed E-state index contributed by atoms with van der Waals surface area (Å²) >= 11 is 8.06. The van der Waals surface area contributed by atoms with E-state index in [2.05, 4.69) is 36.4 Å². The highest BCUT2D eigenvalue weighted by Crippen LogP contribution is 2.36. The van der Waals surface area contributed by atoms with Crippen molar-refractivity contribution in [2.45, 2.75) is 26.2 Å². The molecule has 3 aromatic carbocycles. The molecule has 174 valence electrons. The summed E-state index contributed by atoms with van der Waals surface area (Å²) in [5.41, 5.74) is 4.21. The van der Waals surface area contributed by atoms with Crippen molar-refractivity contribution in [1.29, 1.82) is 0 Å². The summed E-state index contributed by atoms with van der Waals surface area (Å²) in [6.07, 6.45) is 3.17. The summed E-state index contributed by atoms with van der Waals surface area (Å²) in [6.45, 7) is 3.86. The Morgan fingerprint density at radius 1 is 1.03 bits per heavy atom. The zero-order valence-corrected chi connectivity index (χ0v) is 20.9. The van der Waals surface area contributed by atoms with Crippen LogP contribution in [0.15, 0.2) is 72.8 Å². The molecule has 4 aromatic rings. The van der Waals surface area contributed by atoms with Gasteiger partial charge in [0.1, 0.15) is 6.54 Å². The zero-order chi connectivity index (χ0) is 23.5. The molecule has 0 radical (unpaired) electrons. The molecule has 0 spiro atoms. The molecule has 2 heterocycles. The monoisotopic (exact) mass is 489 g/mol. The summed E-state index contributed by atoms with van der Waals surface area (Å²) in [5.74, 6) is 0.763. The number of piperidine rings is 1. The molecule has 6 heteroatoms. The topological polar surface area (TPSA) is 36.4 Å². The van der Waals surface area contributed by atoms with Crippen molar-refractivity contribution in [3.05, 3.63) is 88.9 Å². The van der Waals surface area contributed by atoms with Crippen LogP contribution in [0.25, 0.3) is 10.2 Å². The standard InChI is InChI=1S/C28H28ClN3OS/c1-20-23(29)10-7-12-25(20)32(28-30-24-11-5-6-13-26(24)34-28)19-27(33)31-16-14-22(15-17-31)18-21-8-3-2-4-9-21/h2-13,22H,14-19H2,1H3. The Bertz CT molecular complexity index is 1250. The number of rotatable bonds is 6. The van der Waals surface area contributed by atoms with E-state index in [4.69, 9.17) is 16.6 Å². The van der Waals surface area contributed by atoms with Gasteiger partial charge in [0.2, 0.25) is 5.91 Å². The Labute approximate surface area is 209 Å². The van der Waals surface area contributed by atoms with E-state index in [1.807, 2.05) is 53.1 Å². The van der Waals surface area contributed by atoms with Gasteiger partial charge in [0.25, 0.3) is 0 Å². The molecule has 1 aliphatic rings. The number of fused-ring (bicyclic) bond motifs is 1. The Balaban J connectivity index is 1.33. The van der Waals surface area contributed by atoms with Gasteiger partial charge >= 0.3 is 0 Å². The first-order chi connectivity index (χ1) is 16.6. The van der Waals surface area contributed by atoms with E-state index in [1.165, 1.54) is 5.56 Å². The fourth-order valence-electron chi connectivity index (χ4n) is 4.69. The van der Waals surface area contributed by atoms with E-state index in [9.17, 15) is 4.79 Å². The molecule has 4 nitrogen and oxygen atoms in total. The van der Waals surface area contributed by atoms with Crippen molar-refractivity contribution in [2.24, 2.45) is 5.92 Å². The molecular formula is C28H28ClN3OS. The molecule has 0 unspecified atom stereocenters. The first-order valence-electron chi connectivity index (χ1n) is 11.8. The van der Waals surface area contributed by atoms with E-state index in [-0.39, 0.29) is 12.5 Å². The van der Waals surface area contributed by atoms with Crippen LogP contribution in [0.5, 0.6) is 0 Å². The lowest BCUT2D eigenvalue weighted by Crippen LogP contribution is -2.43. The number of benzene rings is 3. The van der Waals surface area contributed by atoms with E-state index in [0.29, 0.717) is 10.9 Å². The minimum atomic E-state index is 0.136. The Morgan fingerprint density at radius 2 is 1.76 bits per heavy atom. The Hall–Kier alpha value is -2.89. The maximum Gasteiger partial charge on any atom is 0.242 e. The third-order valence-corrected chi connectivity index (χ3v) is 8.14. The highest BCUT2D eigenvalue weighted by atomic mass is 35.5.